The Labute approximate surface area is 191 Å². The smallest absolute Gasteiger partial charge is 0.220 e. The van der Waals surface area contributed by atoms with Crippen LogP contribution in [-0.2, 0) is 4.79 Å². The normalized spacial score (nSPS) is 17.9. The number of H-pyrrole nitrogens is 1. The molecule has 1 spiro atoms. The zero-order valence-corrected chi connectivity index (χ0v) is 18.8. The van der Waals surface area contributed by atoms with Crippen LogP contribution in [0.2, 0.25) is 0 Å². The maximum Gasteiger partial charge on any atom is 0.220 e. The standard InChI is InChI=1S/C25H27F2N5O/c1-15-11-17(4-8-28-15)23-22(16(2)30-31-23)18-12-19(26)24(20(27)13-18)32-9-6-25(7-10-32)5-3-21(33)29-14-25/h4,8,11-13H,3,5-7,9-10,14H2,1-2H3,(H,29,33)(H,30,31). The first-order valence-electron chi connectivity index (χ1n) is 11.3. The molecule has 0 bridgehead atoms. The number of anilines is 1. The lowest BCUT2D eigenvalue weighted by molar-refractivity contribution is -0.124. The zero-order chi connectivity index (χ0) is 23.2. The number of carbonyl (C=O) groups is 1. The minimum Gasteiger partial charge on any atom is -0.367 e. The van der Waals surface area contributed by atoms with Crippen molar-refractivity contribution in [3.63, 3.8) is 0 Å². The van der Waals surface area contributed by atoms with Crippen LogP contribution >= 0.6 is 0 Å². The van der Waals surface area contributed by atoms with Gasteiger partial charge in [-0.25, -0.2) is 8.78 Å². The third-order valence-corrected chi connectivity index (χ3v) is 7.11. The van der Waals surface area contributed by atoms with Gasteiger partial charge in [-0.2, -0.15) is 5.10 Å². The molecule has 6 nitrogen and oxygen atoms in total. The molecule has 33 heavy (non-hydrogen) atoms. The van der Waals surface area contributed by atoms with E-state index in [0.717, 1.165) is 36.2 Å². The Balaban J connectivity index is 1.43. The first-order chi connectivity index (χ1) is 15.8. The van der Waals surface area contributed by atoms with Gasteiger partial charge in [-0.3, -0.25) is 14.9 Å². The largest absolute Gasteiger partial charge is 0.367 e. The molecule has 2 N–H and O–H groups in total. The van der Waals surface area contributed by atoms with Crippen LogP contribution in [0, 0.1) is 30.9 Å². The molecule has 0 saturated carbocycles. The zero-order valence-electron chi connectivity index (χ0n) is 18.8. The molecule has 2 saturated heterocycles. The van der Waals surface area contributed by atoms with Gasteiger partial charge in [-0.15, -0.1) is 0 Å². The molecule has 8 heteroatoms. The number of amides is 1. The van der Waals surface area contributed by atoms with Crippen molar-refractivity contribution in [2.24, 2.45) is 5.41 Å². The van der Waals surface area contributed by atoms with E-state index in [9.17, 15) is 4.79 Å². The van der Waals surface area contributed by atoms with Crippen LogP contribution in [-0.4, -0.2) is 40.7 Å². The fraction of sp³-hybridized carbons (Fsp3) is 0.400. The molecule has 1 amide bonds. The summed E-state index contributed by atoms with van der Waals surface area (Å²) in [7, 11) is 0. The predicted octanol–water partition coefficient (Wildman–Crippen LogP) is 4.53. The van der Waals surface area contributed by atoms with Gasteiger partial charge in [0.1, 0.15) is 23.0 Å². The van der Waals surface area contributed by atoms with Crippen LogP contribution in [0.1, 0.15) is 37.1 Å². The van der Waals surface area contributed by atoms with Crippen LogP contribution < -0.4 is 10.2 Å². The number of rotatable bonds is 3. The van der Waals surface area contributed by atoms with Crippen LogP contribution in [0.3, 0.4) is 0 Å². The Morgan fingerprint density at radius 3 is 2.39 bits per heavy atom. The summed E-state index contributed by atoms with van der Waals surface area (Å²) >= 11 is 0. The molecule has 2 fully saturated rings. The van der Waals surface area contributed by atoms with Gasteiger partial charge in [-0.1, -0.05) is 0 Å². The number of piperidine rings is 2. The van der Waals surface area contributed by atoms with E-state index in [2.05, 4.69) is 20.5 Å². The number of aromatic amines is 1. The Hall–Kier alpha value is -3.29. The van der Waals surface area contributed by atoms with Crippen molar-refractivity contribution in [1.29, 1.82) is 0 Å². The summed E-state index contributed by atoms with van der Waals surface area (Å²) in [6, 6.07) is 6.54. The highest BCUT2D eigenvalue weighted by Crippen LogP contribution is 2.41. The second-order valence-corrected chi connectivity index (χ2v) is 9.31. The molecule has 4 heterocycles. The lowest BCUT2D eigenvalue weighted by Crippen LogP contribution is -2.50. The Morgan fingerprint density at radius 1 is 1.03 bits per heavy atom. The number of pyridine rings is 1. The topological polar surface area (TPSA) is 73.9 Å². The van der Waals surface area contributed by atoms with Gasteiger partial charge in [0, 0.05) is 54.8 Å². The summed E-state index contributed by atoms with van der Waals surface area (Å²) in [5, 5.41) is 10.3. The van der Waals surface area contributed by atoms with Crippen LogP contribution in [0.5, 0.6) is 0 Å². The Morgan fingerprint density at radius 2 is 1.76 bits per heavy atom. The summed E-state index contributed by atoms with van der Waals surface area (Å²) in [6.45, 7) is 5.52. The summed E-state index contributed by atoms with van der Waals surface area (Å²) < 4.78 is 30.6. The maximum absolute atomic E-state index is 15.3. The van der Waals surface area contributed by atoms with E-state index in [1.807, 2.05) is 26.0 Å². The molecule has 1 aromatic carbocycles. The van der Waals surface area contributed by atoms with Gasteiger partial charge in [-0.05, 0) is 68.4 Å². The van der Waals surface area contributed by atoms with Crippen LogP contribution in [0.25, 0.3) is 22.4 Å². The van der Waals surface area contributed by atoms with E-state index in [1.54, 1.807) is 11.1 Å². The molecule has 0 atom stereocenters. The number of hydrogen-bond donors (Lipinski definition) is 2. The van der Waals surface area contributed by atoms with E-state index >= 15 is 8.78 Å². The van der Waals surface area contributed by atoms with Gasteiger partial charge >= 0.3 is 0 Å². The molecule has 2 aromatic heterocycles. The highest BCUT2D eigenvalue weighted by Gasteiger charge is 2.38. The number of benzene rings is 1. The average Bonchev–Trinajstić information content (AvgIpc) is 3.18. The van der Waals surface area contributed by atoms with Gasteiger partial charge in [0.15, 0.2) is 0 Å². The summed E-state index contributed by atoms with van der Waals surface area (Å²) in [5.41, 5.74) is 4.27. The van der Waals surface area contributed by atoms with Gasteiger partial charge in [0.2, 0.25) is 5.91 Å². The highest BCUT2D eigenvalue weighted by molar-refractivity contribution is 5.83. The van der Waals surface area contributed by atoms with E-state index in [1.165, 1.54) is 12.1 Å². The van der Waals surface area contributed by atoms with Crippen molar-refractivity contribution in [3.05, 3.63) is 53.5 Å². The fourth-order valence-corrected chi connectivity index (χ4v) is 5.17. The maximum atomic E-state index is 15.3. The number of nitrogens with zero attached hydrogens (tertiary/aromatic N) is 3. The molecular weight excluding hydrogens is 424 g/mol. The number of hydrogen-bond acceptors (Lipinski definition) is 4. The average molecular weight is 452 g/mol. The highest BCUT2D eigenvalue weighted by atomic mass is 19.1. The number of carbonyl (C=O) groups excluding carboxylic acids is 1. The third kappa shape index (κ3) is 3.98. The predicted molar refractivity (Wildman–Crippen MR) is 123 cm³/mol. The van der Waals surface area contributed by atoms with Crippen LogP contribution in [0.15, 0.2) is 30.5 Å². The van der Waals surface area contributed by atoms with E-state index < -0.39 is 11.6 Å². The molecule has 0 aliphatic carbocycles. The molecule has 172 valence electrons. The van der Waals surface area contributed by atoms with Crippen molar-refractivity contribution in [2.45, 2.75) is 39.5 Å². The number of halogens is 2. The molecule has 0 unspecified atom stereocenters. The van der Waals surface area contributed by atoms with Crippen molar-refractivity contribution in [2.75, 3.05) is 24.5 Å². The lowest BCUT2D eigenvalue weighted by atomic mass is 9.73. The minimum atomic E-state index is -0.574. The quantitative estimate of drug-likeness (QED) is 0.614. The molecule has 0 radical (unpaired) electrons. The first kappa shape index (κ1) is 21.6. The summed E-state index contributed by atoms with van der Waals surface area (Å²) in [6.07, 6.45) is 4.68. The Kier molecular flexibility index (Phi) is 5.38. The van der Waals surface area contributed by atoms with E-state index in [-0.39, 0.29) is 17.0 Å². The van der Waals surface area contributed by atoms with Gasteiger partial charge < -0.3 is 10.2 Å². The number of nitrogens with one attached hydrogen (secondary N) is 2. The molecule has 2 aliphatic rings. The SMILES string of the molecule is Cc1cc(-c2n[nH]c(C)c2-c2cc(F)c(N3CCC4(CCC(=O)NC4)CC3)c(F)c2)ccn1. The molecule has 5 rings (SSSR count). The monoisotopic (exact) mass is 451 g/mol. The molecular formula is C25H27F2N5O. The van der Waals surface area contributed by atoms with E-state index in [4.69, 9.17) is 0 Å². The second-order valence-electron chi connectivity index (χ2n) is 9.31. The molecule has 3 aromatic rings. The van der Waals surface area contributed by atoms with Gasteiger partial charge in [0.25, 0.3) is 0 Å². The van der Waals surface area contributed by atoms with Crippen molar-refractivity contribution in [1.82, 2.24) is 20.5 Å². The van der Waals surface area contributed by atoms with Crippen LogP contribution in [0.4, 0.5) is 14.5 Å². The van der Waals surface area contributed by atoms with Gasteiger partial charge in [0.05, 0.1) is 0 Å². The fourth-order valence-electron chi connectivity index (χ4n) is 5.17. The summed E-state index contributed by atoms with van der Waals surface area (Å²) in [5.74, 6) is -1.06. The minimum absolute atomic E-state index is 0.0240. The second kappa shape index (κ2) is 8.24. The summed E-state index contributed by atoms with van der Waals surface area (Å²) in [4.78, 5) is 17.5. The molecule has 2 aliphatic heterocycles. The number of aromatic nitrogens is 3. The van der Waals surface area contributed by atoms with Crippen molar-refractivity contribution in [3.8, 4) is 22.4 Å². The third-order valence-electron chi connectivity index (χ3n) is 7.11. The first-order valence-corrected chi connectivity index (χ1v) is 11.3. The Bertz CT molecular complexity index is 1180. The van der Waals surface area contributed by atoms with Crippen molar-refractivity contribution < 1.29 is 13.6 Å². The van der Waals surface area contributed by atoms with E-state index in [0.29, 0.717) is 42.9 Å². The number of aryl methyl sites for hydroxylation is 2. The van der Waals surface area contributed by atoms with Crippen molar-refractivity contribution >= 4 is 11.6 Å². The lowest BCUT2D eigenvalue weighted by Gasteiger charge is -2.44.